The van der Waals surface area contributed by atoms with Gasteiger partial charge in [0.2, 0.25) is 0 Å². The zero-order valence-electron chi connectivity index (χ0n) is 12.1. The molecule has 1 aromatic heterocycles. The number of ether oxygens (including phenoxy) is 1. The highest BCUT2D eigenvalue weighted by Crippen LogP contribution is 2.38. The lowest BCUT2D eigenvalue weighted by Gasteiger charge is -2.20. The molecule has 0 aliphatic carbocycles. The third-order valence-corrected chi connectivity index (χ3v) is 5.01. The van der Waals surface area contributed by atoms with Crippen molar-refractivity contribution in [1.29, 1.82) is 0 Å². The Hall–Kier alpha value is -1.03. The summed E-state index contributed by atoms with van der Waals surface area (Å²) < 4.78 is 5.50. The van der Waals surface area contributed by atoms with Gasteiger partial charge in [0, 0.05) is 10.4 Å². The summed E-state index contributed by atoms with van der Waals surface area (Å²) in [6.45, 7) is 5.14. The van der Waals surface area contributed by atoms with E-state index < -0.39 is 0 Å². The molecule has 1 heterocycles. The molecule has 0 radical (unpaired) electrons. The van der Waals surface area contributed by atoms with E-state index in [-0.39, 0.29) is 6.04 Å². The normalized spacial score (nSPS) is 12.4. The Labute approximate surface area is 129 Å². The van der Waals surface area contributed by atoms with Gasteiger partial charge in [-0.1, -0.05) is 36.7 Å². The molecule has 0 fully saturated rings. The first-order valence-electron chi connectivity index (χ1n) is 6.78. The molecule has 0 aliphatic heterocycles. The van der Waals surface area contributed by atoms with Crippen LogP contribution in [0.5, 0.6) is 5.75 Å². The van der Waals surface area contributed by atoms with Crippen LogP contribution < -0.4 is 10.1 Å². The highest BCUT2D eigenvalue weighted by atomic mass is 35.5. The lowest BCUT2D eigenvalue weighted by atomic mass is 10.0. The average molecular weight is 310 g/mol. The molecule has 0 bridgehead atoms. The Balaban J connectivity index is 2.44. The second-order valence-electron chi connectivity index (χ2n) is 4.73. The van der Waals surface area contributed by atoms with Gasteiger partial charge in [0.1, 0.15) is 5.75 Å². The summed E-state index contributed by atoms with van der Waals surface area (Å²) in [5, 5.41) is 6.54. The van der Waals surface area contributed by atoms with Gasteiger partial charge in [-0.25, -0.2) is 0 Å². The van der Waals surface area contributed by atoms with Crippen molar-refractivity contribution in [3.8, 4) is 5.75 Å². The van der Waals surface area contributed by atoms with Gasteiger partial charge in [-0.05, 0) is 36.9 Å². The molecule has 0 saturated carbocycles. The van der Waals surface area contributed by atoms with E-state index in [0.717, 1.165) is 39.7 Å². The smallest absolute Gasteiger partial charge is 0.124 e. The molecule has 1 unspecified atom stereocenters. The molecule has 0 saturated heterocycles. The lowest BCUT2D eigenvalue weighted by Crippen LogP contribution is -2.23. The van der Waals surface area contributed by atoms with Gasteiger partial charge < -0.3 is 10.1 Å². The number of rotatable bonds is 6. The van der Waals surface area contributed by atoms with E-state index >= 15 is 0 Å². The van der Waals surface area contributed by atoms with Crippen LogP contribution >= 0.6 is 22.9 Å². The maximum absolute atomic E-state index is 6.46. The van der Waals surface area contributed by atoms with Crippen LogP contribution in [0.25, 0.3) is 0 Å². The van der Waals surface area contributed by atoms with E-state index in [1.165, 1.54) is 0 Å². The first-order valence-corrected chi connectivity index (χ1v) is 8.04. The van der Waals surface area contributed by atoms with E-state index in [1.54, 1.807) is 18.4 Å². The van der Waals surface area contributed by atoms with E-state index in [2.05, 4.69) is 23.7 Å². The fraction of sp³-hybridized carbons (Fsp3) is 0.375. The van der Waals surface area contributed by atoms with Crippen molar-refractivity contribution in [2.75, 3.05) is 13.7 Å². The first kappa shape index (κ1) is 15.4. The quantitative estimate of drug-likeness (QED) is 0.827. The third kappa shape index (κ3) is 3.17. The number of nitrogens with one attached hydrogen (secondary N) is 1. The van der Waals surface area contributed by atoms with Crippen LogP contribution in [0.4, 0.5) is 0 Å². The standard InChI is InChI=1S/C16H20ClNOS/c1-4-9-18-15(16-14(17)11(2)10-20-16)12-7-5-6-8-13(12)19-3/h5-8,10,15,18H,4,9H2,1-3H3. The van der Waals surface area contributed by atoms with Crippen molar-refractivity contribution < 1.29 is 4.74 Å². The molecular formula is C16H20ClNOS. The van der Waals surface area contributed by atoms with Crippen LogP contribution in [0.1, 0.15) is 35.4 Å². The van der Waals surface area contributed by atoms with Crippen molar-refractivity contribution in [1.82, 2.24) is 5.32 Å². The Morgan fingerprint density at radius 3 is 2.70 bits per heavy atom. The van der Waals surface area contributed by atoms with Crippen molar-refractivity contribution in [2.24, 2.45) is 0 Å². The number of hydrogen-bond donors (Lipinski definition) is 1. The summed E-state index contributed by atoms with van der Waals surface area (Å²) in [5.41, 5.74) is 2.26. The molecule has 4 heteroatoms. The van der Waals surface area contributed by atoms with Crippen LogP contribution in [0.2, 0.25) is 5.02 Å². The van der Waals surface area contributed by atoms with Gasteiger partial charge >= 0.3 is 0 Å². The first-order chi connectivity index (χ1) is 9.69. The van der Waals surface area contributed by atoms with Crippen molar-refractivity contribution in [3.63, 3.8) is 0 Å². The van der Waals surface area contributed by atoms with Gasteiger partial charge in [0.25, 0.3) is 0 Å². The molecule has 1 atom stereocenters. The van der Waals surface area contributed by atoms with Gasteiger partial charge in [-0.2, -0.15) is 0 Å². The topological polar surface area (TPSA) is 21.3 Å². The van der Waals surface area contributed by atoms with Gasteiger partial charge in [-0.15, -0.1) is 11.3 Å². The predicted molar refractivity (Wildman–Crippen MR) is 87.2 cm³/mol. The van der Waals surface area contributed by atoms with Crippen molar-refractivity contribution in [3.05, 3.63) is 50.7 Å². The van der Waals surface area contributed by atoms with Gasteiger partial charge in [-0.3, -0.25) is 0 Å². The lowest BCUT2D eigenvalue weighted by molar-refractivity contribution is 0.404. The van der Waals surface area contributed by atoms with E-state index in [9.17, 15) is 0 Å². The Bertz CT molecular complexity index is 567. The molecule has 108 valence electrons. The monoisotopic (exact) mass is 309 g/mol. The molecule has 20 heavy (non-hydrogen) atoms. The molecular weight excluding hydrogens is 290 g/mol. The summed E-state index contributed by atoms with van der Waals surface area (Å²) in [5.74, 6) is 0.892. The highest BCUT2D eigenvalue weighted by molar-refractivity contribution is 7.10. The molecule has 2 aromatic rings. The third-order valence-electron chi connectivity index (χ3n) is 3.24. The van der Waals surface area contributed by atoms with Crippen LogP contribution in [-0.2, 0) is 0 Å². The van der Waals surface area contributed by atoms with Gasteiger partial charge in [0.15, 0.2) is 0 Å². The Morgan fingerprint density at radius 2 is 2.10 bits per heavy atom. The van der Waals surface area contributed by atoms with Crippen molar-refractivity contribution >= 4 is 22.9 Å². The summed E-state index contributed by atoms with van der Waals surface area (Å²) >= 11 is 8.16. The number of thiophene rings is 1. The number of hydrogen-bond acceptors (Lipinski definition) is 3. The number of benzene rings is 1. The largest absolute Gasteiger partial charge is 0.496 e. The van der Waals surface area contributed by atoms with Crippen LogP contribution in [0.15, 0.2) is 29.6 Å². The fourth-order valence-electron chi connectivity index (χ4n) is 2.18. The molecule has 0 spiro atoms. The molecule has 0 amide bonds. The highest BCUT2D eigenvalue weighted by Gasteiger charge is 2.22. The zero-order valence-corrected chi connectivity index (χ0v) is 13.6. The Morgan fingerprint density at radius 1 is 1.35 bits per heavy atom. The Kier molecular flexibility index (Phi) is 5.46. The van der Waals surface area contributed by atoms with E-state index in [1.807, 2.05) is 25.1 Å². The minimum Gasteiger partial charge on any atom is -0.496 e. The van der Waals surface area contributed by atoms with Crippen LogP contribution in [-0.4, -0.2) is 13.7 Å². The van der Waals surface area contributed by atoms with Gasteiger partial charge in [0.05, 0.1) is 18.2 Å². The van der Waals surface area contributed by atoms with Crippen LogP contribution in [0, 0.1) is 6.92 Å². The fourth-order valence-corrected chi connectivity index (χ4v) is 3.58. The molecule has 2 nitrogen and oxygen atoms in total. The number of para-hydroxylation sites is 1. The summed E-state index contributed by atoms with van der Waals surface area (Å²) in [4.78, 5) is 1.15. The minimum atomic E-state index is 0.0808. The van der Waals surface area contributed by atoms with Crippen LogP contribution in [0.3, 0.4) is 0 Å². The predicted octanol–water partition coefficient (Wildman–Crippen LogP) is 4.81. The average Bonchev–Trinajstić information content (AvgIpc) is 2.80. The number of aryl methyl sites for hydroxylation is 1. The second kappa shape index (κ2) is 7.11. The number of halogens is 1. The minimum absolute atomic E-state index is 0.0808. The molecule has 1 N–H and O–H groups in total. The zero-order chi connectivity index (χ0) is 14.5. The SMILES string of the molecule is CCCNC(c1ccccc1OC)c1scc(C)c1Cl. The summed E-state index contributed by atoms with van der Waals surface area (Å²) in [7, 11) is 1.71. The molecule has 0 aliphatic rings. The van der Waals surface area contributed by atoms with E-state index in [0.29, 0.717) is 0 Å². The maximum Gasteiger partial charge on any atom is 0.124 e. The number of methoxy groups -OCH3 is 1. The molecule has 1 aromatic carbocycles. The molecule has 2 rings (SSSR count). The maximum atomic E-state index is 6.46. The summed E-state index contributed by atoms with van der Waals surface area (Å²) in [6.07, 6.45) is 1.08. The summed E-state index contributed by atoms with van der Waals surface area (Å²) in [6, 6.07) is 8.19. The second-order valence-corrected chi connectivity index (χ2v) is 6.02. The van der Waals surface area contributed by atoms with Crippen molar-refractivity contribution in [2.45, 2.75) is 26.3 Å². The van der Waals surface area contributed by atoms with E-state index in [4.69, 9.17) is 16.3 Å².